The molecule has 0 spiro atoms. The van der Waals surface area contributed by atoms with Crippen LogP contribution in [0.2, 0.25) is 16.6 Å². The van der Waals surface area contributed by atoms with Gasteiger partial charge in [-0.25, -0.2) is 4.57 Å². The normalized spacial score (nSPS) is 12.3. The molecule has 30 heavy (non-hydrogen) atoms. The van der Waals surface area contributed by atoms with E-state index in [1.807, 2.05) is 60.7 Å². The Morgan fingerprint density at radius 2 is 1.10 bits per heavy atom. The highest BCUT2D eigenvalue weighted by molar-refractivity contribution is 7.59. The second-order valence-electron chi connectivity index (χ2n) is 8.65. The van der Waals surface area contributed by atoms with Crippen LogP contribution in [-0.2, 0) is 26.8 Å². The number of benzene rings is 2. The van der Waals surface area contributed by atoms with Gasteiger partial charge in [-0.05, 0) is 27.8 Å². The highest BCUT2D eigenvalue weighted by atomic mass is 31.2. The highest BCUT2D eigenvalue weighted by Crippen LogP contribution is 2.50. The van der Waals surface area contributed by atoms with Crippen molar-refractivity contribution >= 4 is 15.7 Å². The third-order valence-corrected chi connectivity index (χ3v) is 13.6. The lowest BCUT2D eigenvalue weighted by Crippen LogP contribution is -2.43. The van der Waals surface area contributed by atoms with Crippen molar-refractivity contribution in [2.24, 2.45) is 0 Å². The molecule has 0 heterocycles. The Bertz CT molecular complexity index is 814. The molecular formula is C25H35O3PSi. The maximum atomic E-state index is 13.7. The summed E-state index contributed by atoms with van der Waals surface area (Å²) in [5.74, 6) is 0. The van der Waals surface area contributed by atoms with Crippen LogP contribution in [0.4, 0.5) is 0 Å². The van der Waals surface area contributed by atoms with Crippen molar-refractivity contribution in [1.29, 1.82) is 0 Å². The lowest BCUT2D eigenvalue weighted by atomic mass is 10.2. The monoisotopic (exact) mass is 442 g/mol. The molecule has 0 saturated heterocycles. The van der Waals surface area contributed by atoms with Crippen molar-refractivity contribution < 1.29 is 13.6 Å². The lowest BCUT2D eigenvalue weighted by Gasteiger charge is -2.38. The summed E-state index contributed by atoms with van der Waals surface area (Å²) in [6, 6.07) is 19.4. The Kier molecular flexibility index (Phi) is 9.13. The van der Waals surface area contributed by atoms with E-state index >= 15 is 0 Å². The molecule has 0 N–H and O–H groups in total. The van der Waals surface area contributed by atoms with Gasteiger partial charge in [-0.2, -0.15) is 0 Å². The van der Waals surface area contributed by atoms with Crippen molar-refractivity contribution in [3.8, 4) is 11.2 Å². The lowest BCUT2D eigenvalue weighted by molar-refractivity contribution is 0.201. The molecule has 2 rings (SSSR count). The molecule has 2 aromatic carbocycles. The number of rotatable bonds is 9. The Morgan fingerprint density at radius 1 is 0.733 bits per heavy atom. The summed E-state index contributed by atoms with van der Waals surface area (Å²) >= 11 is 0. The predicted octanol–water partition coefficient (Wildman–Crippen LogP) is 7.79. The average Bonchev–Trinajstić information content (AvgIpc) is 2.72. The van der Waals surface area contributed by atoms with Gasteiger partial charge >= 0.3 is 7.60 Å². The van der Waals surface area contributed by atoms with Gasteiger partial charge in [0.1, 0.15) is 8.07 Å². The Balaban J connectivity index is 2.34. The molecule has 0 aromatic heterocycles. The van der Waals surface area contributed by atoms with Crippen LogP contribution in [0.3, 0.4) is 0 Å². The van der Waals surface area contributed by atoms with E-state index in [0.717, 1.165) is 11.1 Å². The fraction of sp³-hybridized carbons (Fsp3) is 0.440. The Labute approximate surface area is 183 Å². The third-order valence-electron chi connectivity index (χ3n) is 5.76. The van der Waals surface area contributed by atoms with E-state index < -0.39 is 15.7 Å². The van der Waals surface area contributed by atoms with Gasteiger partial charge in [0.25, 0.3) is 0 Å². The summed E-state index contributed by atoms with van der Waals surface area (Å²) in [6.45, 7) is 13.8. The van der Waals surface area contributed by atoms with Crippen LogP contribution in [0.1, 0.15) is 52.7 Å². The van der Waals surface area contributed by atoms with Gasteiger partial charge in [-0.3, -0.25) is 9.05 Å². The molecule has 0 aliphatic carbocycles. The summed E-state index contributed by atoms with van der Waals surface area (Å²) in [7, 11) is -5.64. The minimum atomic E-state index is -3.59. The van der Waals surface area contributed by atoms with Crippen molar-refractivity contribution in [2.45, 2.75) is 71.4 Å². The molecule has 0 amide bonds. The maximum absolute atomic E-state index is 13.7. The first kappa shape index (κ1) is 24.6. The van der Waals surface area contributed by atoms with Crippen molar-refractivity contribution in [3.05, 3.63) is 71.8 Å². The fourth-order valence-corrected chi connectivity index (χ4v) is 11.2. The van der Waals surface area contributed by atoms with Crippen LogP contribution in [0.25, 0.3) is 0 Å². The molecule has 2 aromatic rings. The first-order valence-corrected chi connectivity index (χ1v) is 14.5. The molecule has 0 aliphatic rings. The highest BCUT2D eigenvalue weighted by Gasteiger charge is 2.42. The molecule has 5 heteroatoms. The van der Waals surface area contributed by atoms with Crippen LogP contribution in [0.5, 0.6) is 0 Å². The fourth-order valence-electron chi connectivity index (χ4n) is 4.17. The van der Waals surface area contributed by atoms with Gasteiger partial charge in [0.2, 0.25) is 0 Å². The topological polar surface area (TPSA) is 35.5 Å². The zero-order valence-electron chi connectivity index (χ0n) is 19.1. The smallest absolute Gasteiger partial charge is 0.294 e. The minimum Gasteiger partial charge on any atom is -0.294 e. The number of hydrogen-bond donors (Lipinski definition) is 0. The molecule has 0 aliphatic heterocycles. The molecule has 0 fully saturated rings. The summed E-state index contributed by atoms with van der Waals surface area (Å²) in [6.07, 6.45) is 0. The van der Waals surface area contributed by atoms with Crippen LogP contribution in [0, 0.1) is 11.2 Å². The first-order chi connectivity index (χ1) is 14.2. The minimum absolute atomic E-state index is 0.210. The predicted molar refractivity (Wildman–Crippen MR) is 129 cm³/mol. The van der Waals surface area contributed by atoms with E-state index in [1.165, 1.54) is 0 Å². The summed E-state index contributed by atoms with van der Waals surface area (Å²) in [5.41, 5.74) is 9.80. The summed E-state index contributed by atoms with van der Waals surface area (Å²) in [5, 5.41) is 0. The standard InChI is InChI=1S/C25H35O3PSi/c1-21(2)30(22(3)4,23(5)6)18-17-29(26,27-19-24-13-9-7-10-14-24)28-20-25-15-11-8-12-16-25/h7-16,21-23H,19-20H2,1-6H3. The molecule has 0 bridgehead atoms. The average molecular weight is 443 g/mol. The summed E-state index contributed by atoms with van der Waals surface area (Å²) < 4.78 is 25.4. The van der Waals surface area contributed by atoms with Crippen LogP contribution < -0.4 is 0 Å². The van der Waals surface area contributed by atoms with E-state index in [0.29, 0.717) is 16.6 Å². The molecular weight excluding hydrogens is 407 g/mol. The Hall–Kier alpha value is -1.63. The van der Waals surface area contributed by atoms with Gasteiger partial charge in [0, 0.05) is 5.66 Å². The molecule has 0 saturated carbocycles. The van der Waals surface area contributed by atoms with Gasteiger partial charge in [0.05, 0.1) is 13.2 Å². The SMILES string of the molecule is CC(C)[Si](C#CP(=O)(OCc1ccccc1)OCc1ccccc1)(C(C)C)C(C)C. The second-order valence-corrected chi connectivity index (χ2v) is 16.0. The zero-order chi connectivity index (χ0) is 22.2. The Morgan fingerprint density at radius 3 is 1.43 bits per heavy atom. The van der Waals surface area contributed by atoms with Gasteiger partial charge < -0.3 is 0 Å². The number of hydrogen-bond acceptors (Lipinski definition) is 3. The quantitative estimate of drug-likeness (QED) is 0.226. The van der Waals surface area contributed by atoms with Crippen molar-refractivity contribution in [3.63, 3.8) is 0 Å². The van der Waals surface area contributed by atoms with E-state index in [4.69, 9.17) is 9.05 Å². The molecule has 162 valence electrons. The third kappa shape index (κ3) is 6.43. The van der Waals surface area contributed by atoms with Gasteiger partial charge in [0.15, 0.2) is 0 Å². The largest absolute Gasteiger partial charge is 0.405 e. The molecule has 3 nitrogen and oxygen atoms in total. The van der Waals surface area contributed by atoms with Crippen LogP contribution in [0.15, 0.2) is 60.7 Å². The zero-order valence-corrected chi connectivity index (χ0v) is 21.0. The van der Waals surface area contributed by atoms with E-state index in [9.17, 15) is 4.57 Å². The first-order valence-electron chi connectivity index (χ1n) is 10.7. The van der Waals surface area contributed by atoms with Crippen molar-refractivity contribution in [2.75, 3.05) is 0 Å². The van der Waals surface area contributed by atoms with E-state index in [2.05, 4.69) is 52.7 Å². The van der Waals surface area contributed by atoms with Crippen LogP contribution in [-0.4, -0.2) is 8.07 Å². The van der Waals surface area contributed by atoms with Gasteiger partial charge in [-0.1, -0.05) is 102 Å². The molecule has 0 radical (unpaired) electrons. The maximum Gasteiger partial charge on any atom is 0.405 e. The molecule has 0 atom stereocenters. The van der Waals surface area contributed by atoms with Crippen LogP contribution >= 0.6 is 7.60 Å². The molecule has 0 unspecified atom stereocenters. The van der Waals surface area contributed by atoms with E-state index in [-0.39, 0.29) is 13.2 Å². The van der Waals surface area contributed by atoms with E-state index in [1.54, 1.807) is 0 Å². The van der Waals surface area contributed by atoms with Gasteiger partial charge in [-0.15, -0.1) is 5.54 Å². The van der Waals surface area contributed by atoms with Crippen molar-refractivity contribution in [1.82, 2.24) is 0 Å². The second kappa shape index (κ2) is 11.1. The summed E-state index contributed by atoms with van der Waals surface area (Å²) in [4.78, 5) is 0.